The molecule has 0 saturated carbocycles. The first-order chi connectivity index (χ1) is 12.1. The summed E-state index contributed by atoms with van der Waals surface area (Å²) in [6, 6.07) is -0.0878. The number of aliphatic carboxylic acids is 1. The molecule has 140 valence electrons. The molecule has 26 heavy (non-hydrogen) atoms. The van der Waals surface area contributed by atoms with Gasteiger partial charge in [-0.25, -0.2) is 23.6 Å². The van der Waals surface area contributed by atoms with Crippen LogP contribution in [-0.2, 0) is 23.9 Å². The number of carbonyl (C=O) groups is 1. The van der Waals surface area contributed by atoms with E-state index in [4.69, 9.17) is 0 Å². The van der Waals surface area contributed by atoms with E-state index < -0.39 is 47.5 Å². The number of alkyl halides is 3. The van der Waals surface area contributed by atoms with Crippen molar-refractivity contribution in [3.63, 3.8) is 0 Å². The van der Waals surface area contributed by atoms with Crippen LogP contribution in [0.1, 0.15) is 36.5 Å². The van der Waals surface area contributed by atoms with Crippen LogP contribution in [0.15, 0.2) is 17.1 Å². The zero-order chi connectivity index (χ0) is 19.2. The van der Waals surface area contributed by atoms with E-state index in [1.807, 2.05) is 0 Å². The summed E-state index contributed by atoms with van der Waals surface area (Å²) >= 11 is 0. The Morgan fingerprint density at radius 3 is 2.73 bits per heavy atom. The molecule has 1 aliphatic heterocycles. The lowest BCUT2D eigenvalue weighted by molar-refractivity contribution is -0.144. The van der Waals surface area contributed by atoms with Crippen molar-refractivity contribution >= 4 is 5.97 Å². The molecule has 0 fully saturated rings. The van der Waals surface area contributed by atoms with Gasteiger partial charge in [0.1, 0.15) is 11.9 Å². The van der Waals surface area contributed by atoms with E-state index in [9.17, 15) is 32.3 Å². The number of aromatic nitrogens is 4. The summed E-state index contributed by atoms with van der Waals surface area (Å²) in [6.45, 7) is 1.25. The fraction of sp³-hybridized carbons (Fsp3) is 0.467. The van der Waals surface area contributed by atoms with Crippen LogP contribution in [0.25, 0.3) is 0 Å². The van der Waals surface area contributed by atoms with E-state index in [1.54, 1.807) is 6.92 Å². The van der Waals surface area contributed by atoms with Crippen LogP contribution >= 0.6 is 0 Å². The number of carboxylic acid groups (broad SMARTS) is 1. The first kappa shape index (κ1) is 18.1. The van der Waals surface area contributed by atoms with Crippen LogP contribution in [0.2, 0.25) is 0 Å². The molecule has 3 rings (SSSR count). The molecule has 0 radical (unpaired) electrons. The Kier molecular flexibility index (Phi) is 4.32. The lowest BCUT2D eigenvalue weighted by atomic mass is 9.94. The number of hydrogen-bond donors (Lipinski definition) is 1. The van der Waals surface area contributed by atoms with Gasteiger partial charge in [-0.2, -0.15) is 18.3 Å². The zero-order valence-corrected chi connectivity index (χ0v) is 13.5. The first-order valence-electron chi connectivity index (χ1n) is 7.71. The Bertz CT molecular complexity index is 919. The lowest BCUT2D eigenvalue weighted by Gasteiger charge is -2.24. The van der Waals surface area contributed by atoms with Crippen molar-refractivity contribution in [1.82, 2.24) is 19.3 Å². The Hall–Kier alpha value is -2.72. The second-order valence-corrected chi connectivity index (χ2v) is 6.26. The van der Waals surface area contributed by atoms with Gasteiger partial charge in [0.2, 0.25) is 0 Å². The number of carboxylic acids is 1. The molecule has 11 heteroatoms. The quantitative estimate of drug-likeness (QED) is 0.829. The van der Waals surface area contributed by atoms with E-state index in [1.165, 1.54) is 0 Å². The van der Waals surface area contributed by atoms with Crippen molar-refractivity contribution in [2.24, 2.45) is 5.92 Å². The topological polar surface area (TPSA) is 90.0 Å². The summed E-state index contributed by atoms with van der Waals surface area (Å²) in [4.78, 5) is 26.9. The first-order valence-corrected chi connectivity index (χ1v) is 7.71. The average Bonchev–Trinajstić information content (AvgIpc) is 2.83. The predicted octanol–water partition coefficient (Wildman–Crippen LogP) is 1.85. The number of rotatable bonds is 3. The normalized spacial score (nSPS) is 20.0. The van der Waals surface area contributed by atoms with Crippen molar-refractivity contribution in [3.05, 3.63) is 45.6 Å². The maximum absolute atomic E-state index is 14.1. The number of nitrogens with zero attached hydrogens (tertiary/aromatic N) is 4. The molecule has 0 amide bonds. The van der Waals surface area contributed by atoms with Crippen molar-refractivity contribution < 1.29 is 27.5 Å². The minimum absolute atomic E-state index is 0.0339. The highest BCUT2D eigenvalue weighted by molar-refractivity contribution is 5.72. The minimum atomic E-state index is -4.97. The van der Waals surface area contributed by atoms with E-state index in [-0.39, 0.29) is 18.2 Å². The summed E-state index contributed by atoms with van der Waals surface area (Å²) in [5.74, 6) is -2.60. The lowest BCUT2D eigenvalue weighted by Crippen LogP contribution is -2.36. The molecule has 2 atom stereocenters. The minimum Gasteiger partial charge on any atom is -0.480 e. The summed E-state index contributed by atoms with van der Waals surface area (Å²) in [5.41, 5.74) is -2.89. The smallest absolute Gasteiger partial charge is 0.436 e. The third-order valence-corrected chi connectivity index (χ3v) is 4.25. The molecule has 7 nitrogen and oxygen atoms in total. The molecule has 2 unspecified atom stereocenters. The van der Waals surface area contributed by atoms with Crippen LogP contribution < -0.4 is 5.69 Å². The summed E-state index contributed by atoms with van der Waals surface area (Å²) in [7, 11) is 0. The maximum Gasteiger partial charge on any atom is 0.436 e. The standard InChI is InChI=1S/C15H14F4N4O3/c1-7-4-9(13(24)25)23-10(5-7)21-22(14(23)26)6-8-2-3-20-12(11(8)16)15(17,18)19/h2-3,7,9H,4-6H2,1H3,(H,24,25). The molecule has 1 aliphatic rings. The van der Waals surface area contributed by atoms with E-state index in [0.29, 0.717) is 6.42 Å². The molecule has 0 aromatic carbocycles. The molecule has 2 aromatic rings. The van der Waals surface area contributed by atoms with Crippen molar-refractivity contribution in [2.45, 2.75) is 38.5 Å². The Balaban J connectivity index is 2.03. The van der Waals surface area contributed by atoms with Crippen LogP contribution in [0, 0.1) is 11.7 Å². The van der Waals surface area contributed by atoms with Gasteiger partial charge in [-0.1, -0.05) is 6.92 Å². The predicted molar refractivity (Wildman–Crippen MR) is 78.9 cm³/mol. The second kappa shape index (κ2) is 6.22. The highest BCUT2D eigenvalue weighted by Gasteiger charge is 2.37. The number of fused-ring (bicyclic) bond motifs is 1. The van der Waals surface area contributed by atoms with Gasteiger partial charge in [-0.05, 0) is 18.4 Å². The van der Waals surface area contributed by atoms with Crippen LogP contribution in [0.3, 0.4) is 0 Å². The van der Waals surface area contributed by atoms with Gasteiger partial charge in [-0.3, -0.25) is 4.57 Å². The van der Waals surface area contributed by atoms with Gasteiger partial charge in [0.25, 0.3) is 0 Å². The SMILES string of the molecule is CC1Cc2nn(Cc3ccnc(C(F)(F)F)c3F)c(=O)n2C(C(=O)O)C1. The molecular weight excluding hydrogens is 360 g/mol. The third-order valence-electron chi connectivity index (χ3n) is 4.25. The van der Waals surface area contributed by atoms with Gasteiger partial charge in [-0.15, -0.1) is 0 Å². The highest BCUT2D eigenvalue weighted by atomic mass is 19.4. The van der Waals surface area contributed by atoms with Crippen LogP contribution in [0.5, 0.6) is 0 Å². The summed E-state index contributed by atoms with van der Waals surface area (Å²) < 4.78 is 54.2. The molecular formula is C15H14F4N4O3. The van der Waals surface area contributed by atoms with Crippen LogP contribution in [0.4, 0.5) is 17.6 Å². The molecule has 0 saturated heterocycles. The Labute approximate surface area is 143 Å². The largest absolute Gasteiger partial charge is 0.480 e. The third kappa shape index (κ3) is 3.08. The Morgan fingerprint density at radius 2 is 2.12 bits per heavy atom. The molecule has 3 heterocycles. The van der Waals surface area contributed by atoms with Gasteiger partial charge in [0.15, 0.2) is 11.5 Å². The van der Waals surface area contributed by atoms with Gasteiger partial charge in [0, 0.05) is 18.2 Å². The number of hydrogen-bond acceptors (Lipinski definition) is 4. The van der Waals surface area contributed by atoms with Gasteiger partial charge in [0.05, 0.1) is 6.54 Å². The van der Waals surface area contributed by atoms with Gasteiger partial charge >= 0.3 is 17.8 Å². The van der Waals surface area contributed by atoms with E-state index in [2.05, 4.69) is 10.1 Å². The number of pyridine rings is 1. The monoisotopic (exact) mass is 374 g/mol. The highest BCUT2D eigenvalue weighted by Crippen LogP contribution is 2.31. The van der Waals surface area contributed by atoms with Crippen molar-refractivity contribution in [2.75, 3.05) is 0 Å². The van der Waals surface area contributed by atoms with Crippen molar-refractivity contribution in [1.29, 1.82) is 0 Å². The summed E-state index contributed by atoms with van der Waals surface area (Å²) in [5, 5.41) is 13.3. The maximum atomic E-state index is 14.1. The average molecular weight is 374 g/mol. The number of halogens is 4. The van der Waals surface area contributed by atoms with Crippen molar-refractivity contribution in [3.8, 4) is 0 Å². The van der Waals surface area contributed by atoms with Crippen LogP contribution in [-0.4, -0.2) is 30.4 Å². The molecule has 0 bridgehead atoms. The molecule has 0 spiro atoms. The second-order valence-electron chi connectivity index (χ2n) is 6.26. The molecule has 0 aliphatic carbocycles. The zero-order valence-electron chi connectivity index (χ0n) is 13.5. The van der Waals surface area contributed by atoms with E-state index in [0.717, 1.165) is 21.5 Å². The fourth-order valence-electron chi connectivity index (χ4n) is 3.08. The summed E-state index contributed by atoms with van der Waals surface area (Å²) in [6.07, 6.45) is -3.60. The van der Waals surface area contributed by atoms with E-state index >= 15 is 0 Å². The molecule has 2 aromatic heterocycles. The Morgan fingerprint density at radius 1 is 1.42 bits per heavy atom. The fourth-order valence-corrected chi connectivity index (χ4v) is 3.08. The molecule has 1 N–H and O–H groups in total. The van der Waals surface area contributed by atoms with Gasteiger partial charge < -0.3 is 5.11 Å².